The van der Waals surface area contributed by atoms with Crippen molar-refractivity contribution < 1.29 is 4.79 Å². The second kappa shape index (κ2) is 6.26. The molecule has 27 heavy (non-hydrogen) atoms. The number of nitrogens with zero attached hydrogens (tertiary/aromatic N) is 5. The third-order valence-corrected chi connectivity index (χ3v) is 5.04. The van der Waals surface area contributed by atoms with E-state index < -0.39 is 0 Å². The molecule has 1 N–H and O–H groups in total. The van der Waals surface area contributed by atoms with Gasteiger partial charge in [0.2, 0.25) is 5.91 Å². The summed E-state index contributed by atoms with van der Waals surface area (Å²) in [6.45, 7) is 0. The Morgan fingerprint density at radius 3 is 2.85 bits per heavy atom. The van der Waals surface area contributed by atoms with Gasteiger partial charge < -0.3 is 0 Å². The van der Waals surface area contributed by atoms with Gasteiger partial charge in [-0.3, -0.25) is 10.1 Å². The summed E-state index contributed by atoms with van der Waals surface area (Å²) >= 11 is 1.43. The molecule has 2 aromatic carbocycles. The Bertz CT molecular complexity index is 1300. The van der Waals surface area contributed by atoms with Crippen LogP contribution in [0.15, 0.2) is 60.8 Å². The molecule has 0 spiro atoms. The average molecular weight is 372 g/mol. The molecule has 0 saturated heterocycles. The Balaban J connectivity index is 1.41. The average Bonchev–Trinajstić information content (AvgIpc) is 3.29. The summed E-state index contributed by atoms with van der Waals surface area (Å²) in [4.78, 5) is 16.6. The maximum Gasteiger partial charge on any atom is 0.250 e. The predicted octanol–water partition coefficient (Wildman–Crippen LogP) is 3.54. The highest BCUT2D eigenvalue weighted by Crippen LogP contribution is 2.25. The second-order valence-electron chi connectivity index (χ2n) is 5.83. The Morgan fingerprint density at radius 2 is 1.93 bits per heavy atom. The van der Waals surface area contributed by atoms with Crippen molar-refractivity contribution in [2.75, 3.05) is 5.32 Å². The van der Waals surface area contributed by atoms with Crippen molar-refractivity contribution in [2.45, 2.75) is 0 Å². The largest absolute Gasteiger partial charge is 0.298 e. The fourth-order valence-corrected chi connectivity index (χ4v) is 3.70. The lowest BCUT2D eigenvalue weighted by Crippen LogP contribution is -2.07. The highest BCUT2D eigenvalue weighted by molar-refractivity contribution is 7.22. The fraction of sp³-hybridized carbons (Fsp3) is 0. The first kappa shape index (κ1) is 15.6. The summed E-state index contributed by atoms with van der Waals surface area (Å²) < 4.78 is 2.64. The Morgan fingerprint density at radius 1 is 1.07 bits per heavy atom. The molecule has 0 aliphatic carbocycles. The molecular weight excluding hydrogens is 360 g/mol. The molecule has 3 aromatic heterocycles. The molecule has 0 unspecified atom stereocenters. The molecule has 0 atom stereocenters. The molecule has 0 aliphatic heterocycles. The van der Waals surface area contributed by atoms with E-state index in [0.29, 0.717) is 16.6 Å². The number of fused-ring (bicyclic) bond motifs is 4. The number of nitrogens with one attached hydrogen (secondary N) is 1. The maximum absolute atomic E-state index is 12.2. The van der Waals surface area contributed by atoms with Gasteiger partial charge in [0.05, 0.1) is 16.4 Å². The van der Waals surface area contributed by atoms with E-state index in [2.05, 4.69) is 25.6 Å². The van der Waals surface area contributed by atoms with E-state index in [4.69, 9.17) is 0 Å². The quantitative estimate of drug-likeness (QED) is 0.490. The number of rotatable bonds is 3. The number of amides is 1. The Kier molecular flexibility index (Phi) is 3.61. The normalized spacial score (nSPS) is 11.7. The van der Waals surface area contributed by atoms with Crippen LogP contribution in [0.4, 0.5) is 5.13 Å². The molecule has 5 aromatic rings. The molecule has 1 amide bonds. The van der Waals surface area contributed by atoms with Gasteiger partial charge >= 0.3 is 0 Å². The summed E-state index contributed by atoms with van der Waals surface area (Å²) in [7, 11) is 0. The van der Waals surface area contributed by atoms with Crippen LogP contribution < -0.4 is 5.32 Å². The maximum atomic E-state index is 12.2. The van der Waals surface area contributed by atoms with Crippen LogP contribution >= 0.6 is 11.3 Å². The number of carbonyl (C=O) groups is 1. The van der Waals surface area contributed by atoms with Crippen molar-refractivity contribution >= 4 is 55.1 Å². The summed E-state index contributed by atoms with van der Waals surface area (Å²) in [6.07, 6.45) is 4.74. The fourth-order valence-electron chi connectivity index (χ4n) is 2.83. The lowest BCUT2D eigenvalue weighted by molar-refractivity contribution is -0.111. The van der Waals surface area contributed by atoms with Crippen molar-refractivity contribution in [3.05, 3.63) is 66.6 Å². The van der Waals surface area contributed by atoms with Crippen molar-refractivity contribution in [2.24, 2.45) is 0 Å². The molecule has 0 aliphatic rings. The zero-order valence-corrected chi connectivity index (χ0v) is 14.7. The van der Waals surface area contributed by atoms with Crippen LogP contribution in [0.5, 0.6) is 0 Å². The summed E-state index contributed by atoms with van der Waals surface area (Å²) in [5.74, 6) is 0.196. The summed E-state index contributed by atoms with van der Waals surface area (Å²) in [5, 5.41) is 18.0. The van der Waals surface area contributed by atoms with Crippen molar-refractivity contribution in [1.82, 2.24) is 24.8 Å². The predicted molar refractivity (Wildman–Crippen MR) is 106 cm³/mol. The number of carbonyl (C=O) groups excluding carboxylic acids is 1. The van der Waals surface area contributed by atoms with Gasteiger partial charge in [0.15, 0.2) is 16.6 Å². The topological polar surface area (TPSA) is 85.1 Å². The van der Waals surface area contributed by atoms with Crippen LogP contribution in [0, 0.1) is 0 Å². The number of anilines is 1. The highest BCUT2D eigenvalue weighted by atomic mass is 32.1. The minimum Gasteiger partial charge on any atom is -0.298 e. The molecule has 0 radical (unpaired) electrons. The van der Waals surface area contributed by atoms with E-state index in [1.165, 1.54) is 17.4 Å². The molecule has 0 fully saturated rings. The molecule has 5 rings (SSSR count). The van der Waals surface area contributed by atoms with Crippen LogP contribution in [0.2, 0.25) is 0 Å². The molecular formula is C19H12N6OS. The van der Waals surface area contributed by atoms with E-state index in [1.807, 2.05) is 48.5 Å². The lowest BCUT2D eigenvalue weighted by atomic mass is 10.2. The third kappa shape index (κ3) is 2.81. The van der Waals surface area contributed by atoms with E-state index in [-0.39, 0.29) is 5.91 Å². The number of benzene rings is 2. The zero-order chi connectivity index (χ0) is 18.2. The SMILES string of the molecule is O=C(/C=C/c1nnc2c3ccccc3cnn12)Nc1nc2ccccc2s1. The molecule has 7 nitrogen and oxygen atoms in total. The van der Waals surface area contributed by atoms with E-state index in [1.54, 1.807) is 16.8 Å². The van der Waals surface area contributed by atoms with Crippen LogP contribution in [0.3, 0.4) is 0 Å². The van der Waals surface area contributed by atoms with Crippen LogP contribution in [0.25, 0.3) is 32.7 Å². The van der Waals surface area contributed by atoms with Gasteiger partial charge in [-0.1, -0.05) is 47.7 Å². The number of thiazole rings is 1. The van der Waals surface area contributed by atoms with Gasteiger partial charge in [-0.25, -0.2) is 4.98 Å². The zero-order valence-electron chi connectivity index (χ0n) is 13.9. The van der Waals surface area contributed by atoms with Gasteiger partial charge in [-0.05, 0) is 18.2 Å². The Hall–Kier alpha value is -3.65. The number of hydrogen-bond donors (Lipinski definition) is 1. The third-order valence-electron chi connectivity index (χ3n) is 4.09. The van der Waals surface area contributed by atoms with Crippen molar-refractivity contribution in [3.63, 3.8) is 0 Å². The molecule has 8 heteroatoms. The summed E-state index contributed by atoms with van der Waals surface area (Å²) in [5.41, 5.74) is 1.51. The van der Waals surface area contributed by atoms with E-state index in [9.17, 15) is 4.79 Å². The number of hydrogen-bond acceptors (Lipinski definition) is 6. The van der Waals surface area contributed by atoms with Crippen LogP contribution in [-0.2, 0) is 4.79 Å². The summed E-state index contributed by atoms with van der Waals surface area (Å²) in [6, 6.07) is 15.6. The second-order valence-corrected chi connectivity index (χ2v) is 6.87. The van der Waals surface area contributed by atoms with Gasteiger partial charge in [0, 0.05) is 16.8 Å². The van der Waals surface area contributed by atoms with Gasteiger partial charge in [0.1, 0.15) is 0 Å². The first-order chi connectivity index (χ1) is 13.3. The number of aromatic nitrogens is 5. The van der Waals surface area contributed by atoms with Crippen LogP contribution in [-0.4, -0.2) is 30.7 Å². The first-order valence-corrected chi connectivity index (χ1v) is 9.03. The van der Waals surface area contributed by atoms with Crippen molar-refractivity contribution in [3.8, 4) is 0 Å². The minimum absolute atomic E-state index is 0.286. The Labute approximate surface area is 157 Å². The van der Waals surface area contributed by atoms with E-state index in [0.717, 1.165) is 21.0 Å². The van der Waals surface area contributed by atoms with Crippen LogP contribution in [0.1, 0.15) is 5.82 Å². The van der Waals surface area contributed by atoms with Gasteiger partial charge in [0.25, 0.3) is 0 Å². The van der Waals surface area contributed by atoms with E-state index >= 15 is 0 Å². The van der Waals surface area contributed by atoms with Crippen molar-refractivity contribution in [1.29, 1.82) is 0 Å². The molecule has 0 bridgehead atoms. The molecule has 3 heterocycles. The molecule has 130 valence electrons. The minimum atomic E-state index is -0.286. The van der Waals surface area contributed by atoms with Gasteiger partial charge in [-0.15, -0.1) is 10.2 Å². The first-order valence-electron chi connectivity index (χ1n) is 8.22. The monoisotopic (exact) mass is 372 g/mol. The molecule has 0 saturated carbocycles. The lowest BCUT2D eigenvalue weighted by Gasteiger charge is -1.99. The highest BCUT2D eigenvalue weighted by Gasteiger charge is 2.09. The smallest absolute Gasteiger partial charge is 0.250 e. The van der Waals surface area contributed by atoms with Gasteiger partial charge in [-0.2, -0.15) is 9.61 Å². The standard InChI is InChI=1S/C19H12N6OS/c26-17(22-19-21-14-7-3-4-8-15(14)27-19)10-9-16-23-24-18-13-6-2-1-5-12(13)11-20-25(16)18/h1-11H,(H,21,22,26)/b10-9+. The number of para-hydroxylation sites is 1.